The summed E-state index contributed by atoms with van der Waals surface area (Å²) in [6.45, 7) is 22.9. The molecule has 1 heterocycles. The topological polar surface area (TPSA) is 0 Å². The zero-order chi connectivity index (χ0) is 53.9. The van der Waals surface area contributed by atoms with Crippen LogP contribution < -0.4 is 10.4 Å². The Morgan fingerprint density at radius 1 is 0.447 bits per heavy atom. The van der Waals surface area contributed by atoms with E-state index in [2.05, 4.69) is 257 Å². The minimum Gasteiger partial charge on any atom is -0.184 e. The Bertz CT molecular complexity index is 3200. The zero-order valence-electron chi connectivity index (χ0n) is 46.3. The van der Waals surface area contributed by atoms with Crippen LogP contribution in [-0.2, 0) is 33.7 Å². The van der Waals surface area contributed by atoms with Crippen LogP contribution in [0, 0.1) is 6.07 Å². The number of benzene rings is 8. The molecule has 4 heteroatoms. The molecule has 0 amide bonds. The van der Waals surface area contributed by atoms with Crippen molar-refractivity contribution in [3.05, 3.63) is 228 Å². The molecule has 0 aliphatic carbocycles. The molecule has 386 valence electrons. The van der Waals surface area contributed by atoms with Gasteiger partial charge in [-0.25, -0.2) is 0 Å². The summed E-state index contributed by atoms with van der Waals surface area (Å²) in [6.07, 6.45) is 4.54. The van der Waals surface area contributed by atoms with E-state index in [1.54, 1.807) is 0 Å². The van der Waals surface area contributed by atoms with Gasteiger partial charge in [-0.1, -0.05) is 249 Å². The van der Waals surface area contributed by atoms with Crippen LogP contribution in [0.2, 0.25) is 0 Å². The normalized spacial score (nSPS) is 11.5. The summed E-state index contributed by atoms with van der Waals surface area (Å²) in [7, 11) is 10.7. The molecule has 1 aliphatic heterocycles. The van der Waals surface area contributed by atoms with Crippen LogP contribution in [0.25, 0.3) is 77.2 Å². The molecular formula is C72H73Cl2SiZr-3. The monoisotopic (exact) mass is 1130 g/mol. The number of hydrogen-bond donors (Lipinski definition) is 0. The van der Waals surface area contributed by atoms with Gasteiger partial charge in [0.1, 0.15) is 0 Å². The first-order chi connectivity index (χ1) is 36.8. The van der Waals surface area contributed by atoms with Crippen LogP contribution in [0.1, 0.15) is 139 Å². The van der Waals surface area contributed by atoms with Gasteiger partial charge in [0.15, 0.2) is 0 Å². The molecule has 10 aromatic rings. The summed E-state index contributed by atoms with van der Waals surface area (Å²) in [4.78, 5) is 0. The van der Waals surface area contributed by atoms with Crippen LogP contribution in [0.15, 0.2) is 188 Å². The van der Waals surface area contributed by atoms with Crippen molar-refractivity contribution < 1.29 is 20.8 Å². The second kappa shape index (κ2) is 26.8. The summed E-state index contributed by atoms with van der Waals surface area (Å²) >= 11 is -0.826. The van der Waals surface area contributed by atoms with Gasteiger partial charge >= 0.3 is 37.9 Å². The summed E-state index contributed by atoms with van der Waals surface area (Å²) in [5, 5.41) is 8.27. The van der Waals surface area contributed by atoms with E-state index in [0.29, 0.717) is 23.7 Å². The first-order valence-electron chi connectivity index (χ1n) is 27.5. The average Bonchev–Trinajstić information content (AvgIpc) is 4.21. The molecule has 0 N–H and O–H groups in total. The Labute approximate surface area is 477 Å². The van der Waals surface area contributed by atoms with Crippen molar-refractivity contribution in [3.63, 3.8) is 0 Å². The Hall–Kier alpha value is -5.34. The third kappa shape index (κ3) is 13.5. The Morgan fingerprint density at radius 3 is 1.25 bits per heavy atom. The fourth-order valence-corrected chi connectivity index (χ4v) is 11.9. The van der Waals surface area contributed by atoms with Gasteiger partial charge in [0.2, 0.25) is 0 Å². The van der Waals surface area contributed by atoms with Gasteiger partial charge in [-0.2, -0.15) is 29.5 Å². The third-order valence-corrected chi connectivity index (χ3v) is 16.1. The van der Waals surface area contributed by atoms with Gasteiger partial charge < -0.3 is 0 Å². The van der Waals surface area contributed by atoms with E-state index in [1.165, 1.54) is 121 Å². The third-order valence-electron chi connectivity index (χ3n) is 14.7. The van der Waals surface area contributed by atoms with Gasteiger partial charge in [0, 0.05) is 0 Å². The number of rotatable bonds is 12. The summed E-state index contributed by atoms with van der Waals surface area (Å²) < 4.78 is 0. The maximum atomic E-state index is 4.93. The minimum absolute atomic E-state index is 0.524. The molecule has 0 bridgehead atoms. The predicted octanol–water partition coefficient (Wildman–Crippen LogP) is 20.7. The van der Waals surface area contributed by atoms with E-state index < -0.39 is 20.8 Å². The van der Waals surface area contributed by atoms with E-state index >= 15 is 0 Å². The molecule has 0 atom stereocenters. The number of fused-ring (bicyclic) bond motifs is 5. The zero-order valence-corrected chi connectivity index (χ0v) is 51.3. The molecule has 11 rings (SSSR count). The van der Waals surface area contributed by atoms with Crippen LogP contribution in [0.5, 0.6) is 0 Å². The molecule has 0 saturated carbocycles. The number of hydrogen-bond acceptors (Lipinski definition) is 0. The first kappa shape index (κ1) is 56.9. The maximum Gasteiger partial charge on any atom is 0.0920 e. The first-order valence-corrected chi connectivity index (χ1v) is 34.8. The van der Waals surface area contributed by atoms with Crippen LogP contribution in [0.4, 0.5) is 0 Å². The fraction of sp³-hybridized carbons (Fsp3) is 0.250. The van der Waals surface area contributed by atoms with Crippen molar-refractivity contribution >= 4 is 58.5 Å². The van der Waals surface area contributed by atoms with Crippen molar-refractivity contribution in [2.24, 2.45) is 0 Å². The van der Waals surface area contributed by atoms with Crippen molar-refractivity contribution in [2.45, 2.75) is 119 Å². The molecule has 10 aromatic carbocycles. The van der Waals surface area contributed by atoms with Gasteiger partial charge in [-0.3, -0.25) is 0 Å². The summed E-state index contributed by atoms with van der Waals surface area (Å²) in [6, 6.07) is 73.0. The van der Waals surface area contributed by atoms with E-state index in [-0.39, 0.29) is 0 Å². The summed E-state index contributed by atoms with van der Waals surface area (Å²) in [5.74, 6) is 2.10. The molecule has 0 unspecified atom stereocenters. The molecule has 76 heavy (non-hydrogen) atoms. The van der Waals surface area contributed by atoms with Gasteiger partial charge in [0.25, 0.3) is 0 Å². The smallest absolute Gasteiger partial charge is 0.0920 e. The van der Waals surface area contributed by atoms with Crippen LogP contribution in [-0.4, -0.2) is 9.52 Å². The second-order valence-corrected chi connectivity index (χ2v) is 26.5. The Kier molecular flexibility index (Phi) is 20.1. The fourth-order valence-electron chi connectivity index (χ4n) is 10.6. The van der Waals surface area contributed by atoms with Crippen LogP contribution >= 0.6 is 17.0 Å². The largest absolute Gasteiger partial charge is 0.184 e. The van der Waals surface area contributed by atoms with Crippen molar-refractivity contribution in [3.8, 4) is 55.6 Å². The molecule has 0 nitrogen and oxygen atoms in total. The Balaban J connectivity index is 0.000000157. The predicted molar refractivity (Wildman–Crippen MR) is 333 cm³/mol. The average molecular weight is 1130 g/mol. The molecular weight excluding hydrogens is 1060 g/mol. The molecule has 0 spiro atoms. The second-order valence-electron chi connectivity index (χ2n) is 21.5. The van der Waals surface area contributed by atoms with Gasteiger partial charge in [-0.15, -0.1) is 74.6 Å². The number of halogens is 2. The van der Waals surface area contributed by atoms with Crippen LogP contribution in [0.3, 0.4) is 0 Å². The summed E-state index contributed by atoms with van der Waals surface area (Å²) in [5.41, 5.74) is 22.3. The molecule has 0 saturated heterocycles. The van der Waals surface area contributed by atoms with E-state index in [9.17, 15) is 0 Å². The maximum absolute atomic E-state index is 4.93. The quantitative estimate of drug-likeness (QED) is 0.0845. The Morgan fingerprint density at radius 2 is 0.842 bits per heavy atom. The van der Waals surface area contributed by atoms with E-state index in [0.717, 1.165) is 35.2 Å². The van der Waals surface area contributed by atoms with Gasteiger partial charge in [-0.05, 0) is 81.0 Å². The van der Waals surface area contributed by atoms with E-state index in [4.69, 9.17) is 17.0 Å². The SMILES string of the molecule is CCCc1ccc2[cH-]c(-c3ccccc3)cc2c1-c1cc(C(C)C)cc(C(C)C)c1.CCCc1ccc2[cH-]c(-c3ccccc3)cc2c1-c1cc(C(C)C)cc(C(C)C)c1.[Cl][Zr][Cl].[c-]1cccc2c1[Si]c1ccccc1-2. The van der Waals surface area contributed by atoms with Crippen molar-refractivity contribution in [1.82, 2.24) is 0 Å². The van der Waals surface area contributed by atoms with Crippen molar-refractivity contribution in [2.75, 3.05) is 0 Å². The number of aryl methyl sites for hydroxylation is 2. The van der Waals surface area contributed by atoms with E-state index in [1.807, 2.05) is 6.07 Å². The molecule has 2 radical (unpaired) electrons. The standard InChI is InChI=1S/2C30H33.C12H7Si.2ClH.Zr/c2*1-6-10-23-13-14-24-15-27(22-11-8-7-9-12-22)19-29(24)30(23)28-17-25(20(2)3)16-26(18-28)21(4)5;1-3-7-11-9(5-1)10-6-2-4-8-12(10)13-11;;;/h2*7-9,11-21H,6,10H2,1-5H3;1-7H;2*1H;/q3*-1;;;+2/p-2. The van der Waals surface area contributed by atoms with Crippen molar-refractivity contribution in [1.29, 1.82) is 0 Å². The molecule has 0 aromatic heterocycles. The molecule has 0 fully saturated rings. The van der Waals surface area contributed by atoms with Gasteiger partial charge in [0.05, 0.1) is 9.52 Å². The minimum atomic E-state index is -0.826. The molecule has 1 aliphatic rings.